The second-order valence-corrected chi connectivity index (χ2v) is 2.43. The van der Waals surface area contributed by atoms with Gasteiger partial charge in [0, 0.05) is 5.92 Å². The number of hydrogen-bond donors (Lipinski definition) is 1. The zero-order valence-electron chi connectivity index (χ0n) is 5.56. The van der Waals surface area contributed by atoms with Crippen LogP contribution in [0.5, 0.6) is 0 Å². The smallest absolute Gasteiger partial charge is 0.257 e. The summed E-state index contributed by atoms with van der Waals surface area (Å²) in [7, 11) is 0. The Bertz CT molecular complexity index is 141. The van der Waals surface area contributed by atoms with Crippen molar-refractivity contribution in [3.05, 3.63) is 0 Å². The molecular weight excluding hydrogens is 138 g/mol. The van der Waals surface area contributed by atoms with E-state index in [0.717, 1.165) is 12.8 Å². The fourth-order valence-electron chi connectivity index (χ4n) is 0.683. The molecule has 0 heterocycles. The zero-order valence-corrected chi connectivity index (χ0v) is 5.56. The van der Waals surface area contributed by atoms with Gasteiger partial charge in [0.2, 0.25) is 0 Å². The molecule has 1 fully saturated rings. The van der Waals surface area contributed by atoms with Gasteiger partial charge in [-0.05, 0) is 12.8 Å². The fraction of sp³-hybridized carbons (Fsp3) is 0.833. The van der Waals surface area contributed by atoms with Gasteiger partial charge in [0.1, 0.15) is 6.54 Å². The van der Waals surface area contributed by atoms with Crippen molar-refractivity contribution in [3.8, 4) is 0 Å². The summed E-state index contributed by atoms with van der Waals surface area (Å²) in [6.45, 7) is -0.442. The number of alkyl halides is 2. The van der Waals surface area contributed by atoms with Crippen molar-refractivity contribution in [3.63, 3.8) is 0 Å². The van der Waals surface area contributed by atoms with Gasteiger partial charge in [-0.2, -0.15) is 0 Å². The maximum Gasteiger partial charge on any atom is 0.257 e. The van der Waals surface area contributed by atoms with Gasteiger partial charge in [-0.15, -0.1) is 0 Å². The molecule has 10 heavy (non-hydrogen) atoms. The van der Waals surface area contributed by atoms with Crippen molar-refractivity contribution in [2.24, 2.45) is 16.6 Å². The molecule has 2 N–H and O–H groups in total. The number of nitrogens with two attached hydrogens (primary N) is 1. The molecule has 0 aromatic heterocycles. The van der Waals surface area contributed by atoms with Crippen LogP contribution in [0.1, 0.15) is 12.8 Å². The predicted octanol–water partition coefficient (Wildman–Crippen LogP) is 1.02. The predicted molar refractivity (Wildman–Crippen MR) is 35.2 cm³/mol. The molecule has 0 bridgehead atoms. The minimum Gasteiger partial charge on any atom is -0.387 e. The van der Waals surface area contributed by atoms with Crippen LogP contribution in [0.25, 0.3) is 0 Å². The summed E-state index contributed by atoms with van der Waals surface area (Å²) in [5.74, 6) is 0.707. The van der Waals surface area contributed by atoms with Crippen LogP contribution in [0.15, 0.2) is 4.99 Å². The van der Waals surface area contributed by atoms with E-state index in [1.54, 1.807) is 0 Å². The molecule has 0 aromatic carbocycles. The highest BCUT2D eigenvalue weighted by Gasteiger charge is 2.25. The van der Waals surface area contributed by atoms with Crippen LogP contribution in [-0.4, -0.2) is 18.8 Å². The summed E-state index contributed by atoms with van der Waals surface area (Å²) in [5, 5.41) is 0. The number of amidine groups is 1. The largest absolute Gasteiger partial charge is 0.387 e. The van der Waals surface area contributed by atoms with Crippen LogP contribution in [0.3, 0.4) is 0 Å². The maximum atomic E-state index is 11.5. The zero-order chi connectivity index (χ0) is 7.56. The molecule has 0 aromatic rings. The van der Waals surface area contributed by atoms with Gasteiger partial charge in [-0.3, -0.25) is 4.99 Å². The van der Waals surface area contributed by atoms with Gasteiger partial charge in [0.25, 0.3) is 6.43 Å². The molecular formula is C6H10F2N2. The van der Waals surface area contributed by atoms with Crippen molar-refractivity contribution < 1.29 is 8.78 Å². The summed E-state index contributed by atoms with van der Waals surface area (Å²) in [6, 6.07) is 0. The van der Waals surface area contributed by atoms with Crippen LogP contribution < -0.4 is 5.73 Å². The molecule has 0 saturated heterocycles. The average Bonchev–Trinajstić information content (AvgIpc) is 2.63. The van der Waals surface area contributed by atoms with Crippen molar-refractivity contribution in [2.45, 2.75) is 19.3 Å². The highest BCUT2D eigenvalue weighted by Crippen LogP contribution is 2.28. The Morgan fingerprint density at radius 1 is 1.60 bits per heavy atom. The van der Waals surface area contributed by atoms with Crippen molar-refractivity contribution in [2.75, 3.05) is 6.54 Å². The van der Waals surface area contributed by atoms with Gasteiger partial charge < -0.3 is 5.73 Å². The van der Waals surface area contributed by atoms with E-state index in [1.165, 1.54) is 0 Å². The molecule has 0 amide bonds. The van der Waals surface area contributed by atoms with E-state index < -0.39 is 13.0 Å². The highest BCUT2D eigenvalue weighted by atomic mass is 19.3. The van der Waals surface area contributed by atoms with E-state index in [2.05, 4.69) is 4.99 Å². The molecule has 0 unspecified atom stereocenters. The molecule has 1 saturated carbocycles. The summed E-state index contributed by atoms with van der Waals surface area (Å²) >= 11 is 0. The molecule has 1 aliphatic carbocycles. The maximum absolute atomic E-state index is 11.5. The van der Waals surface area contributed by atoms with E-state index >= 15 is 0 Å². The lowest BCUT2D eigenvalue weighted by molar-refractivity contribution is 0.158. The molecule has 0 atom stereocenters. The summed E-state index contributed by atoms with van der Waals surface area (Å²) < 4.78 is 23.0. The van der Waals surface area contributed by atoms with E-state index in [1.807, 2.05) is 0 Å². The first kappa shape index (κ1) is 7.44. The second-order valence-electron chi connectivity index (χ2n) is 2.43. The van der Waals surface area contributed by atoms with Crippen LogP contribution in [0.4, 0.5) is 8.78 Å². The van der Waals surface area contributed by atoms with Gasteiger partial charge >= 0.3 is 0 Å². The Labute approximate surface area is 58.1 Å². The Morgan fingerprint density at radius 2 is 2.20 bits per heavy atom. The van der Waals surface area contributed by atoms with Crippen LogP contribution in [0.2, 0.25) is 0 Å². The molecule has 1 rings (SSSR count). The summed E-state index contributed by atoms with van der Waals surface area (Å²) in [4.78, 5) is 3.53. The molecule has 58 valence electrons. The quantitative estimate of drug-likeness (QED) is 0.471. The first-order chi connectivity index (χ1) is 4.70. The monoisotopic (exact) mass is 148 g/mol. The molecule has 2 nitrogen and oxygen atoms in total. The van der Waals surface area contributed by atoms with Gasteiger partial charge in [-0.1, -0.05) is 0 Å². The number of aliphatic imine (C=N–C) groups is 1. The molecule has 0 aliphatic heterocycles. The standard InChI is InChI=1S/C6H10F2N2/c7-5(8)3-10-6(9)4-1-2-4/h4-5H,1-3H2,(H2,9,10). The lowest BCUT2D eigenvalue weighted by Crippen LogP contribution is -2.15. The Hall–Kier alpha value is -0.670. The van der Waals surface area contributed by atoms with Gasteiger partial charge in [0.05, 0.1) is 5.84 Å². The van der Waals surface area contributed by atoms with Crippen LogP contribution in [-0.2, 0) is 0 Å². The Kier molecular flexibility index (Phi) is 2.19. The third-order valence-electron chi connectivity index (χ3n) is 1.41. The van der Waals surface area contributed by atoms with E-state index in [0.29, 0.717) is 11.8 Å². The first-order valence-corrected chi connectivity index (χ1v) is 3.28. The lowest BCUT2D eigenvalue weighted by atomic mass is 10.4. The van der Waals surface area contributed by atoms with E-state index in [4.69, 9.17) is 5.73 Å². The van der Waals surface area contributed by atoms with Crippen LogP contribution in [0, 0.1) is 5.92 Å². The van der Waals surface area contributed by atoms with Gasteiger partial charge in [-0.25, -0.2) is 8.78 Å². The topological polar surface area (TPSA) is 38.4 Å². The van der Waals surface area contributed by atoms with E-state index in [-0.39, 0.29) is 0 Å². The molecule has 0 radical (unpaired) electrons. The summed E-state index contributed by atoms with van der Waals surface area (Å²) in [6.07, 6.45) is -0.339. The molecule has 4 heteroatoms. The normalized spacial score (nSPS) is 20.1. The van der Waals surface area contributed by atoms with Crippen LogP contribution >= 0.6 is 0 Å². The van der Waals surface area contributed by atoms with Crippen molar-refractivity contribution in [1.82, 2.24) is 0 Å². The number of hydrogen-bond acceptors (Lipinski definition) is 1. The summed E-state index contributed by atoms with van der Waals surface area (Å²) in [5.41, 5.74) is 5.34. The second kappa shape index (κ2) is 2.94. The SMILES string of the molecule is NC(=NCC(F)F)C1CC1. The number of halogens is 2. The van der Waals surface area contributed by atoms with E-state index in [9.17, 15) is 8.78 Å². The van der Waals surface area contributed by atoms with Gasteiger partial charge in [0.15, 0.2) is 0 Å². The third-order valence-corrected chi connectivity index (χ3v) is 1.41. The fourth-order valence-corrected chi connectivity index (χ4v) is 0.683. The first-order valence-electron chi connectivity index (χ1n) is 3.28. The number of nitrogens with zero attached hydrogens (tertiary/aromatic N) is 1. The lowest BCUT2D eigenvalue weighted by Gasteiger charge is -1.95. The molecule has 1 aliphatic rings. The van der Waals surface area contributed by atoms with Crippen molar-refractivity contribution in [1.29, 1.82) is 0 Å². The Morgan fingerprint density at radius 3 is 2.60 bits per heavy atom. The minimum atomic E-state index is -2.36. The highest BCUT2D eigenvalue weighted by molar-refractivity contribution is 5.84. The third kappa shape index (κ3) is 2.29. The minimum absolute atomic E-state index is 0.304. The average molecular weight is 148 g/mol. The Balaban J connectivity index is 2.23. The number of rotatable bonds is 3. The van der Waals surface area contributed by atoms with Crippen molar-refractivity contribution >= 4 is 5.84 Å². The molecule has 0 spiro atoms.